The van der Waals surface area contributed by atoms with Crippen molar-refractivity contribution < 1.29 is 17.9 Å². The second kappa shape index (κ2) is 7.44. The summed E-state index contributed by atoms with van der Waals surface area (Å²) in [6, 6.07) is 10.6. The minimum absolute atomic E-state index is 0.116. The zero-order chi connectivity index (χ0) is 20.1. The maximum Gasteiger partial charge on any atom is 0.265 e. The van der Waals surface area contributed by atoms with E-state index < -0.39 is 22.2 Å². The predicted molar refractivity (Wildman–Crippen MR) is 116 cm³/mol. The summed E-state index contributed by atoms with van der Waals surface area (Å²) in [5.74, 6) is -0.169. The van der Waals surface area contributed by atoms with Crippen LogP contribution in [0, 0.1) is 10.5 Å². The highest BCUT2D eigenvalue weighted by Gasteiger charge is 2.47. The van der Waals surface area contributed by atoms with E-state index in [1.54, 1.807) is 48.5 Å². The van der Waals surface area contributed by atoms with Gasteiger partial charge in [-0.1, -0.05) is 41.4 Å². The summed E-state index contributed by atoms with van der Waals surface area (Å²) in [6.45, 7) is 1.88. The molecule has 2 bridgehead atoms. The molecule has 8 heteroatoms. The van der Waals surface area contributed by atoms with Crippen LogP contribution < -0.4 is 4.31 Å². The minimum atomic E-state index is -4.03. The van der Waals surface area contributed by atoms with Gasteiger partial charge in [0.05, 0.1) is 16.7 Å². The summed E-state index contributed by atoms with van der Waals surface area (Å²) in [4.78, 5) is 13.1. The van der Waals surface area contributed by atoms with Gasteiger partial charge in [-0.3, -0.25) is 9.10 Å². The summed E-state index contributed by atoms with van der Waals surface area (Å²) in [5.41, 5.74) is 1.32. The number of nitrogens with zero attached hydrogens (tertiary/aromatic N) is 1. The first-order valence-corrected chi connectivity index (χ1v) is 11.6. The summed E-state index contributed by atoms with van der Waals surface area (Å²) < 4.78 is 35.0. The van der Waals surface area contributed by atoms with Gasteiger partial charge in [-0.15, -0.1) is 0 Å². The van der Waals surface area contributed by atoms with Crippen LogP contribution in [0.15, 0.2) is 59.5 Å². The van der Waals surface area contributed by atoms with Gasteiger partial charge in [0.25, 0.3) is 10.0 Å². The number of hydrogen-bond acceptors (Lipinski definition) is 4. The van der Waals surface area contributed by atoms with Gasteiger partial charge in [-0.25, -0.2) is 8.42 Å². The molecule has 0 aromatic heterocycles. The van der Waals surface area contributed by atoms with Crippen LogP contribution in [0.1, 0.15) is 12.0 Å². The lowest BCUT2D eigenvalue weighted by molar-refractivity contribution is -0.130. The van der Waals surface area contributed by atoms with Gasteiger partial charge in [0.15, 0.2) is 5.78 Å². The molecular formula is C20H17ClINO4S. The molecule has 2 aliphatic heterocycles. The van der Waals surface area contributed by atoms with E-state index >= 15 is 0 Å². The Morgan fingerprint density at radius 2 is 1.86 bits per heavy atom. The van der Waals surface area contributed by atoms with Crippen molar-refractivity contribution in [2.75, 3.05) is 4.31 Å². The molecule has 0 spiro atoms. The topological polar surface area (TPSA) is 63.7 Å². The van der Waals surface area contributed by atoms with E-state index in [1.165, 1.54) is 4.31 Å². The number of halogens is 2. The maximum atomic E-state index is 13.7. The Balaban J connectivity index is 1.91. The van der Waals surface area contributed by atoms with Crippen molar-refractivity contribution in [1.29, 1.82) is 0 Å². The van der Waals surface area contributed by atoms with Gasteiger partial charge in [0.2, 0.25) is 0 Å². The Kier molecular flexibility index (Phi) is 5.28. The van der Waals surface area contributed by atoms with Crippen molar-refractivity contribution in [3.63, 3.8) is 0 Å². The highest BCUT2D eigenvalue weighted by Crippen LogP contribution is 2.38. The summed E-state index contributed by atoms with van der Waals surface area (Å²) in [5, 5.41) is 0.392. The number of hydrogen-bond donors (Lipinski definition) is 0. The van der Waals surface area contributed by atoms with Gasteiger partial charge < -0.3 is 4.74 Å². The lowest BCUT2D eigenvalue weighted by Gasteiger charge is -2.38. The van der Waals surface area contributed by atoms with Crippen molar-refractivity contribution in [2.24, 2.45) is 0 Å². The van der Waals surface area contributed by atoms with E-state index in [4.69, 9.17) is 16.3 Å². The third kappa shape index (κ3) is 3.49. The standard InChI is InChI=1S/C20H17ClINO4S/c1-12-2-6-15(7-3-12)28(25,26)23(17-10-13(21)4-8-16(17)22)20-18(24)11-14-5-9-19(20)27-14/h2-10,14,19-20H,11H2,1H3/t14-,19+,20+/m0/s1. The SMILES string of the molecule is Cc1ccc(S(=O)(=O)N(c2cc(Cl)ccc2I)[C@@H]2C(=O)C[C@@H]3C=C[C@H]2O3)cc1. The number of carbonyl (C=O) groups excluding carboxylic acids is 1. The molecule has 1 fully saturated rings. The fraction of sp³-hybridized carbons (Fsp3) is 0.250. The average Bonchev–Trinajstić information content (AvgIpc) is 3.03. The van der Waals surface area contributed by atoms with Crippen LogP contribution in [0.25, 0.3) is 0 Å². The van der Waals surface area contributed by atoms with E-state index in [0.717, 1.165) is 5.56 Å². The first kappa shape index (κ1) is 19.9. The first-order valence-electron chi connectivity index (χ1n) is 8.70. The van der Waals surface area contributed by atoms with Crippen molar-refractivity contribution in [3.05, 3.63) is 68.8 Å². The summed E-state index contributed by atoms with van der Waals surface area (Å²) in [6.07, 6.45) is 2.84. The molecule has 2 aromatic rings. The Bertz CT molecular complexity index is 1070. The molecule has 146 valence electrons. The van der Waals surface area contributed by atoms with Crippen LogP contribution in [0.5, 0.6) is 0 Å². The smallest absolute Gasteiger partial charge is 0.265 e. The normalized spacial score (nSPS) is 23.8. The van der Waals surface area contributed by atoms with Crippen LogP contribution in [-0.4, -0.2) is 32.5 Å². The van der Waals surface area contributed by atoms with E-state index in [1.807, 2.05) is 13.0 Å². The lowest BCUT2D eigenvalue weighted by Crippen LogP contribution is -2.55. The largest absolute Gasteiger partial charge is 0.364 e. The molecule has 3 atom stereocenters. The molecule has 0 unspecified atom stereocenters. The van der Waals surface area contributed by atoms with Gasteiger partial charge in [-0.05, 0) is 59.8 Å². The fourth-order valence-corrected chi connectivity index (χ4v) is 6.07. The molecule has 4 rings (SSSR count). The van der Waals surface area contributed by atoms with Gasteiger partial charge in [-0.2, -0.15) is 0 Å². The molecular weight excluding hydrogens is 513 g/mol. The lowest BCUT2D eigenvalue weighted by atomic mass is 10.0. The number of benzene rings is 2. The van der Waals surface area contributed by atoms with Crippen LogP contribution in [0.2, 0.25) is 5.02 Å². The van der Waals surface area contributed by atoms with Gasteiger partial charge >= 0.3 is 0 Å². The molecule has 0 N–H and O–H groups in total. The van der Waals surface area contributed by atoms with Crippen molar-refractivity contribution in [2.45, 2.75) is 36.5 Å². The zero-order valence-corrected chi connectivity index (χ0v) is 18.6. The summed E-state index contributed by atoms with van der Waals surface area (Å²) >= 11 is 8.23. The van der Waals surface area contributed by atoms with Crippen molar-refractivity contribution >= 4 is 55.7 Å². The van der Waals surface area contributed by atoms with Crippen LogP contribution >= 0.6 is 34.2 Å². The van der Waals surface area contributed by atoms with Crippen LogP contribution in [0.3, 0.4) is 0 Å². The third-order valence-electron chi connectivity index (χ3n) is 4.87. The minimum Gasteiger partial charge on any atom is -0.364 e. The molecule has 0 saturated carbocycles. The molecule has 28 heavy (non-hydrogen) atoms. The second-order valence-electron chi connectivity index (χ2n) is 6.85. The van der Waals surface area contributed by atoms with E-state index in [-0.39, 0.29) is 23.2 Å². The van der Waals surface area contributed by atoms with Crippen molar-refractivity contribution in [3.8, 4) is 0 Å². The van der Waals surface area contributed by atoms with E-state index in [0.29, 0.717) is 14.3 Å². The number of ketones is 1. The molecule has 1 saturated heterocycles. The number of aryl methyl sites for hydroxylation is 1. The Morgan fingerprint density at radius 3 is 2.57 bits per heavy atom. The van der Waals surface area contributed by atoms with Crippen LogP contribution in [-0.2, 0) is 19.6 Å². The summed E-state index contributed by atoms with van der Waals surface area (Å²) in [7, 11) is -4.03. The monoisotopic (exact) mass is 529 g/mol. The second-order valence-corrected chi connectivity index (χ2v) is 10.3. The third-order valence-corrected chi connectivity index (χ3v) is 7.82. The Morgan fingerprint density at radius 1 is 1.14 bits per heavy atom. The highest BCUT2D eigenvalue weighted by atomic mass is 127. The van der Waals surface area contributed by atoms with Crippen molar-refractivity contribution in [1.82, 2.24) is 0 Å². The average molecular weight is 530 g/mol. The number of fused-ring (bicyclic) bond motifs is 2. The fourth-order valence-electron chi connectivity index (χ4n) is 3.50. The molecule has 2 heterocycles. The van der Waals surface area contributed by atoms with Gasteiger partial charge in [0, 0.05) is 15.0 Å². The number of sulfonamides is 1. The quantitative estimate of drug-likeness (QED) is 0.442. The predicted octanol–water partition coefficient (Wildman–Crippen LogP) is 4.11. The highest BCUT2D eigenvalue weighted by molar-refractivity contribution is 14.1. The van der Waals surface area contributed by atoms with Gasteiger partial charge in [0.1, 0.15) is 12.1 Å². The molecule has 5 nitrogen and oxygen atoms in total. The maximum absolute atomic E-state index is 13.7. The molecule has 0 aliphatic carbocycles. The van der Waals surface area contributed by atoms with E-state index in [9.17, 15) is 13.2 Å². The molecule has 0 amide bonds. The number of rotatable bonds is 4. The number of carbonyl (C=O) groups is 1. The first-order chi connectivity index (χ1) is 13.3. The molecule has 0 radical (unpaired) electrons. The van der Waals surface area contributed by atoms with E-state index in [2.05, 4.69) is 22.6 Å². The Hall–Kier alpha value is -1.42. The zero-order valence-electron chi connectivity index (χ0n) is 14.9. The number of ether oxygens (including phenoxy) is 1. The number of Topliss-reactive ketones (excluding diaryl/α,β-unsaturated/α-hetero) is 1. The molecule has 2 aromatic carbocycles. The van der Waals surface area contributed by atoms with Crippen LogP contribution in [0.4, 0.5) is 5.69 Å². The number of anilines is 1. The molecule has 2 aliphatic rings. The Labute approximate surface area is 182 Å².